The fraction of sp³-hybridized carbons (Fsp3) is 1.00. The van der Waals surface area contributed by atoms with Crippen molar-refractivity contribution in [2.45, 2.75) is 32.5 Å². The molecule has 0 spiro atoms. The van der Waals surface area contributed by atoms with E-state index in [1.807, 2.05) is 6.92 Å². The van der Waals surface area contributed by atoms with Gasteiger partial charge in [-0.2, -0.15) is 8.42 Å². The standard InChI is InChI=1S/C7H18O6S2Si.Li.H/c1-4-7-16(2,3)13-15(11,12)6-5-14(8,9)10;;/h4-7H2,1-3H3,(H,8,9,10);;. The van der Waals surface area contributed by atoms with Gasteiger partial charge in [0, 0.05) is 0 Å². The predicted molar refractivity (Wildman–Crippen MR) is 71.0 cm³/mol. The normalized spacial score (nSPS) is 13.2. The van der Waals surface area contributed by atoms with Gasteiger partial charge in [0.15, 0.2) is 0 Å². The van der Waals surface area contributed by atoms with Crippen LogP contribution < -0.4 is 0 Å². The number of hydrogen-bond acceptors (Lipinski definition) is 5. The predicted octanol–water partition coefficient (Wildman–Crippen LogP) is 0.187. The summed E-state index contributed by atoms with van der Waals surface area (Å²) in [5.74, 6) is -1.53. The molecule has 0 aliphatic carbocycles. The maximum atomic E-state index is 11.4. The van der Waals surface area contributed by atoms with Gasteiger partial charge in [0.1, 0.15) is 0 Å². The average Bonchev–Trinajstić information content (AvgIpc) is 1.97. The summed E-state index contributed by atoms with van der Waals surface area (Å²) in [7, 11) is -10.4. The van der Waals surface area contributed by atoms with E-state index in [-0.39, 0.29) is 18.9 Å². The Morgan fingerprint density at radius 3 is 1.94 bits per heavy atom. The van der Waals surface area contributed by atoms with Gasteiger partial charge in [0.05, 0.1) is 11.5 Å². The number of hydrogen-bond donors (Lipinski definition) is 1. The second-order valence-electron chi connectivity index (χ2n) is 4.14. The van der Waals surface area contributed by atoms with Gasteiger partial charge < -0.3 is 3.87 Å². The molecule has 0 aromatic heterocycles. The summed E-state index contributed by atoms with van der Waals surface area (Å²) in [6, 6.07) is 0.679. The molecule has 0 aromatic carbocycles. The van der Waals surface area contributed by atoms with Crippen LogP contribution in [0.4, 0.5) is 0 Å². The van der Waals surface area contributed by atoms with Crippen molar-refractivity contribution in [1.29, 1.82) is 0 Å². The van der Waals surface area contributed by atoms with Crippen molar-refractivity contribution in [2.75, 3.05) is 11.5 Å². The minimum absolute atomic E-state index is 0. The van der Waals surface area contributed by atoms with E-state index in [9.17, 15) is 16.8 Å². The van der Waals surface area contributed by atoms with Crippen molar-refractivity contribution >= 4 is 47.4 Å². The fourth-order valence-corrected chi connectivity index (χ4v) is 7.52. The Hall–Kier alpha value is 0.634. The van der Waals surface area contributed by atoms with Gasteiger partial charge in [-0.25, -0.2) is 8.42 Å². The molecule has 0 heterocycles. The van der Waals surface area contributed by atoms with E-state index in [1.165, 1.54) is 0 Å². The Labute approximate surface area is 116 Å². The van der Waals surface area contributed by atoms with Gasteiger partial charge in [0.2, 0.25) is 8.32 Å². The maximum absolute atomic E-state index is 11.4. The summed E-state index contributed by atoms with van der Waals surface area (Å²) in [6.07, 6.45) is 0.813. The van der Waals surface area contributed by atoms with E-state index in [4.69, 9.17) is 8.42 Å². The molecule has 100 valence electrons. The molecule has 6 nitrogen and oxygen atoms in total. The van der Waals surface area contributed by atoms with Crippen LogP contribution in [0.1, 0.15) is 13.3 Å². The molecule has 0 aliphatic rings. The first-order valence-electron chi connectivity index (χ1n) is 4.86. The third-order valence-corrected chi connectivity index (χ3v) is 8.00. The summed E-state index contributed by atoms with van der Waals surface area (Å²) in [5.41, 5.74) is 0. The first kappa shape index (κ1) is 20.0. The third-order valence-electron chi connectivity index (χ3n) is 1.80. The Kier molecular flexibility index (Phi) is 8.55. The average molecular weight is 298 g/mol. The van der Waals surface area contributed by atoms with Crippen molar-refractivity contribution in [3.8, 4) is 0 Å². The molecule has 17 heavy (non-hydrogen) atoms. The summed E-state index contributed by atoms with van der Waals surface area (Å²) < 4.78 is 57.1. The van der Waals surface area contributed by atoms with Crippen LogP contribution in [0.3, 0.4) is 0 Å². The zero-order valence-corrected chi connectivity index (χ0v) is 12.3. The summed E-state index contributed by atoms with van der Waals surface area (Å²) in [5, 5.41) is 0. The van der Waals surface area contributed by atoms with Crippen LogP contribution in [0.15, 0.2) is 0 Å². The van der Waals surface area contributed by atoms with Crippen molar-refractivity contribution < 1.29 is 25.3 Å². The summed E-state index contributed by atoms with van der Waals surface area (Å²) in [4.78, 5) is 0. The molecule has 0 unspecified atom stereocenters. The Morgan fingerprint density at radius 1 is 1.12 bits per heavy atom. The second-order valence-corrected chi connectivity index (χ2v) is 11.9. The molecule has 0 saturated heterocycles. The summed E-state index contributed by atoms with van der Waals surface area (Å²) >= 11 is 0. The molecule has 0 aromatic rings. The minimum atomic E-state index is -4.27. The van der Waals surface area contributed by atoms with Crippen LogP contribution in [0.25, 0.3) is 0 Å². The summed E-state index contributed by atoms with van der Waals surface area (Å²) in [6.45, 7) is 5.42. The van der Waals surface area contributed by atoms with Crippen molar-refractivity contribution in [3.63, 3.8) is 0 Å². The molecule has 0 fully saturated rings. The van der Waals surface area contributed by atoms with Crippen molar-refractivity contribution in [1.82, 2.24) is 0 Å². The topological polar surface area (TPSA) is 97.7 Å². The SMILES string of the molecule is CCC[Si](C)(C)OS(=O)(=O)CCS(=O)(=O)O.[LiH]. The Bertz CT molecular complexity index is 416. The zero-order valence-electron chi connectivity index (χ0n) is 9.63. The first-order valence-corrected chi connectivity index (χ1v) is 11.2. The molecule has 0 amide bonds. The van der Waals surface area contributed by atoms with Gasteiger partial charge >= 0.3 is 18.9 Å². The van der Waals surface area contributed by atoms with Crippen LogP contribution in [0.2, 0.25) is 19.1 Å². The van der Waals surface area contributed by atoms with Gasteiger partial charge in [0.25, 0.3) is 20.2 Å². The fourth-order valence-electron chi connectivity index (χ4n) is 1.24. The molecule has 0 bridgehead atoms. The van der Waals surface area contributed by atoms with E-state index in [0.29, 0.717) is 6.04 Å². The van der Waals surface area contributed by atoms with Gasteiger partial charge in [-0.05, 0) is 19.1 Å². The Balaban J connectivity index is 0. The molecular weight excluding hydrogens is 279 g/mol. The molecule has 10 heteroatoms. The molecule has 0 rings (SSSR count). The van der Waals surface area contributed by atoms with Crippen LogP contribution in [-0.4, -0.2) is 60.1 Å². The van der Waals surface area contributed by atoms with E-state index in [2.05, 4.69) is 0 Å². The van der Waals surface area contributed by atoms with Crippen LogP contribution in [0.5, 0.6) is 0 Å². The number of rotatable bonds is 7. The van der Waals surface area contributed by atoms with E-state index in [0.717, 1.165) is 6.42 Å². The molecule has 0 radical (unpaired) electrons. The molecule has 0 atom stereocenters. The van der Waals surface area contributed by atoms with Crippen LogP contribution in [-0.2, 0) is 24.1 Å². The quantitative estimate of drug-likeness (QED) is 0.532. The molecular formula is C7H19LiO6S2Si. The second kappa shape index (κ2) is 7.28. The third kappa shape index (κ3) is 11.5. The van der Waals surface area contributed by atoms with Crippen molar-refractivity contribution in [3.05, 3.63) is 0 Å². The van der Waals surface area contributed by atoms with E-state index >= 15 is 0 Å². The van der Waals surface area contributed by atoms with Gasteiger partial charge in [-0.15, -0.1) is 0 Å². The van der Waals surface area contributed by atoms with E-state index in [1.54, 1.807) is 13.1 Å². The first-order chi connectivity index (χ1) is 6.97. The Morgan fingerprint density at radius 2 is 1.59 bits per heavy atom. The monoisotopic (exact) mass is 298 g/mol. The van der Waals surface area contributed by atoms with E-state index < -0.39 is 40.1 Å². The molecule has 0 aliphatic heterocycles. The van der Waals surface area contributed by atoms with Gasteiger partial charge in [-0.3, -0.25) is 4.55 Å². The van der Waals surface area contributed by atoms with Crippen LogP contribution in [0, 0.1) is 0 Å². The van der Waals surface area contributed by atoms with Crippen molar-refractivity contribution in [2.24, 2.45) is 0 Å². The van der Waals surface area contributed by atoms with Crippen LogP contribution >= 0.6 is 0 Å². The molecule has 1 N–H and O–H groups in total. The van der Waals surface area contributed by atoms with Gasteiger partial charge in [-0.1, -0.05) is 13.3 Å². The molecule has 0 saturated carbocycles. The zero-order chi connectivity index (χ0) is 13.0.